The highest BCUT2D eigenvalue weighted by Gasteiger charge is 1.99. The number of ether oxygens (including phenoxy) is 1. The fourth-order valence-electron chi connectivity index (χ4n) is 0.868. The lowest BCUT2D eigenvalue weighted by Gasteiger charge is -1.98. The van der Waals surface area contributed by atoms with Crippen LogP contribution in [-0.4, -0.2) is 13.1 Å². The normalized spacial score (nSPS) is 10.9. The number of methoxy groups -OCH3 is 1. The average molecular weight is 182 g/mol. The molecule has 0 saturated heterocycles. The van der Waals surface area contributed by atoms with Gasteiger partial charge < -0.3 is 4.74 Å². The van der Waals surface area contributed by atoms with E-state index < -0.39 is 0 Å². The van der Waals surface area contributed by atoms with Crippen molar-refractivity contribution in [1.29, 1.82) is 0 Å². The highest BCUT2D eigenvalue weighted by Crippen LogP contribution is 2.04. The third-order valence-corrected chi connectivity index (χ3v) is 1.64. The molecule has 0 aliphatic rings. The van der Waals surface area contributed by atoms with Crippen LogP contribution in [0.1, 0.15) is 33.6 Å². The molecule has 2 heteroatoms. The summed E-state index contributed by atoms with van der Waals surface area (Å²) in [6.07, 6.45) is 5.46. The lowest BCUT2D eigenvalue weighted by atomic mass is 10.1. The van der Waals surface area contributed by atoms with Gasteiger partial charge in [0.25, 0.3) is 0 Å². The van der Waals surface area contributed by atoms with Crippen LogP contribution in [0.25, 0.3) is 0 Å². The predicted octanol–water partition coefficient (Wildman–Crippen LogP) is 2.85. The molecule has 0 aliphatic heterocycles. The number of hydrogen-bond acceptors (Lipinski definition) is 2. The first kappa shape index (κ1) is 11.9. The Labute approximate surface area is 80.3 Å². The summed E-state index contributed by atoms with van der Waals surface area (Å²) in [5, 5.41) is 0. The minimum atomic E-state index is -0.175. The molecule has 74 valence electrons. The van der Waals surface area contributed by atoms with Crippen LogP contribution >= 0.6 is 0 Å². The highest BCUT2D eigenvalue weighted by atomic mass is 16.5. The van der Waals surface area contributed by atoms with E-state index in [0.717, 1.165) is 12.0 Å². The zero-order valence-electron chi connectivity index (χ0n) is 8.89. The number of esters is 1. The third kappa shape index (κ3) is 7.32. The van der Waals surface area contributed by atoms with Gasteiger partial charge in [0.2, 0.25) is 0 Å². The number of hydrogen-bond donors (Lipinski definition) is 0. The molecule has 0 amide bonds. The molecular weight excluding hydrogens is 164 g/mol. The van der Waals surface area contributed by atoms with Crippen LogP contribution in [0, 0.1) is 0 Å². The molecule has 0 saturated carbocycles. The maximum Gasteiger partial charge on any atom is 0.309 e. The maximum absolute atomic E-state index is 10.8. The maximum atomic E-state index is 10.8. The molecule has 0 aromatic rings. The van der Waals surface area contributed by atoms with Crippen molar-refractivity contribution in [3.05, 3.63) is 23.3 Å². The Morgan fingerprint density at radius 2 is 1.85 bits per heavy atom. The summed E-state index contributed by atoms with van der Waals surface area (Å²) in [6.45, 7) is 6.06. The molecule has 0 radical (unpaired) electrons. The summed E-state index contributed by atoms with van der Waals surface area (Å²) < 4.78 is 4.55. The molecular formula is C11H18O2. The van der Waals surface area contributed by atoms with Gasteiger partial charge >= 0.3 is 5.97 Å². The smallest absolute Gasteiger partial charge is 0.309 e. The molecule has 0 spiro atoms. The van der Waals surface area contributed by atoms with Gasteiger partial charge in [0.05, 0.1) is 13.5 Å². The largest absolute Gasteiger partial charge is 0.469 e. The van der Waals surface area contributed by atoms with Crippen molar-refractivity contribution >= 4 is 5.97 Å². The van der Waals surface area contributed by atoms with E-state index in [1.807, 2.05) is 13.0 Å². The van der Waals surface area contributed by atoms with Crippen LogP contribution in [0.5, 0.6) is 0 Å². The highest BCUT2D eigenvalue weighted by molar-refractivity contribution is 5.72. The van der Waals surface area contributed by atoms with E-state index in [4.69, 9.17) is 0 Å². The molecule has 0 bridgehead atoms. The minimum Gasteiger partial charge on any atom is -0.469 e. The van der Waals surface area contributed by atoms with Crippen molar-refractivity contribution in [1.82, 2.24) is 0 Å². The lowest BCUT2D eigenvalue weighted by Crippen LogP contribution is -1.99. The Balaban J connectivity index is 3.89. The van der Waals surface area contributed by atoms with Gasteiger partial charge in [0.1, 0.15) is 0 Å². The van der Waals surface area contributed by atoms with Gasteiger partial charge in [0.15, 0.2) is 0 Å². The van der Waals surface area contributed by atoms with Gasteiger partial charge in [0, 0.05) is 0 Å². The van der Waals surface area contributed by atoms with Crippen LogP contribution in [0.3, 0.4) is 0 Å². The molecule has 13 heavy (non-hydrogen) atoms. The number of allylic oxidation sites excluding steroid dienone is 3. The van der Waals surface area contributed by atoms with Gasteiger partial charge in [-0.15, -0.1) is 0 Å². The van der Waals surface area contributed by atoms with Crippen molar-refractivity contribution in [2.24, 2.45) is 0 Å². The van der Waals surface area contributed by atoms with Gasteiger partial charge in [-0.25, -0.2) is 0 Å². The van der Waals surface area contributed by atoms with Crippen LogP contribution < -0.4 is 0 Å². The zero-order chi connectivity index (χ0) is 10.3. The molecule has 0 fully saturated rings. The van der Waals surface area contributed by atoms with Crippen LogP contribution in [-0.2, 0) is 9.53 Å². The third-order valence-electron chi connectivity index (χ3n) is 1.64. The monoisotopic (exact) mass is 182 g/mol. The molecule has 0 aromatic carbocycles. The van der Waals surface area contributed by atoms with Gasteiger partial charge in [-0.05, 0) is 27.2 Å². The Kier molecular flexibility index (Phi) is 5.94. The fraction of sp³-hybridized carbons (Fsp3) is 0.545. The molecule has 0 aliphatic carbocycles. The number of carbonyl (C=O) groups excluding carboxylic acids is 1. The standard InChI is InChI=1S/C11H18O2/c1-9(2)6-5-7-10(3)8-11(12)13-4/h6-7H,5,8H2,1-4H3. The Bertz CT molecular complexity index is 220. The molecule has 0 rings (SSSR count). The first-order chi connectivity index (χ1) is 6.06. The molecule has 0 heterocycles. The van der Waals surface area contributed by atoms with E-state index in [2.05, 4.69) is 24.7 Å². The summed E-state index contributed by atoms with van der Waals surface area (Å²) in [7, 11) is 1.41. The van der Waals surface area contributed by atoms with E-state index >= 15 is 0 Å². The molecule has 0 aromatic heterocycles. The van der Waals surface area contributed by atoms with Crippen LogP contribution in [0.4, 0.5) is 0 Å². The second-order valence-corrected chi connectivity index (χ2v) is 3.32. The summed E-state index contributed by atoms with van der Waals surface area (Å²) >= 11 is 0. The Morgan fingerprint density at radius 1 is 1.23 bits per heavy atom. The van der Waals surface area contributed by atoms with E-state index in [0.29, 0.717) is 6.42 Å². The lowest BCUT2D eigenvalue weighted by molar-refractivity contribution is -0.139. The Morgan fingerprint density at radius 3 is 2.31 bits per heavy atom. The molecule has 0 atom stereocenters. The zero-order valence-corrected chi connectivity index (χ0v) is 8.89. The Hall–Kier alpha value is -1.05. The first-order valence-electron chi connectivity index (χ1n) is 4.42. The number of rotatable bonds is 4. The fourth-order valence-corrected chi connectivity index (χ4v) is 0.868. The van der Waals surface area contributed by atoms with E-state index in [1.165, 1.54) is 12.7 Å². The average Bonchev–Trinajstić information content (AvgIpc) is 2.03. The van der Waals surface area contributed by atoms with Crippen molar-refractivity contribution in [3.8, 4) is 0 Å². The van der Waals surface area contributed by atoms with E-state index in [1.54, 1.807) is 0 Å². The second-order valence-electron chi connectivity index (χ2n) is 3.32. The second kappa shape index (κ2) is 6.46. The SMILES string of the molecule is COC(=O)CC(C)=CCC=C(C)C. The summed E-state index contributed by atoms with van der Waals surface area (Å²) in [6, 6.07) is 0. The van der Waals surface area contributed by atoms with Gasteiger partial charge in [-0.1, -0.05) is 23.3 Å². The summed E-state index contributed by atoms with van der Waals surface area (Å²) in [5.41, 5.74) is 2.35. The van der Waals surface area contributed by atoms with Crippen molar-refractivity contribution in [2.45, 2.75) is 33.6 Å². The molecule has 2 nitrogen and oxygen atoms in total. The molecule has 0 N–H and O–H groups in total. The van der Waals surface area contributed by atoms with Crippen molar-refractivity contribution in [3.63, 3.8) is 0 Å². The summed E-state index contributed by atoms with van der Waals surface area (Å²) in [4.78, 5) is 10.8. The molecule has 0 unspecified atom stereocenters. The predicted molar refractivity (Wildman–Crippen MR) is 54.4 cm³/mol. The van der Waals surface area contributed by atoms with E-state index in [9.17, 15) is 4.79 Å². The first-order valence-corrected chi connectivity index (χ1v) is 4.42. The quantitative estimate of drug-likeness (QED) is 0.493. The van der Waals surface area contributed by atoms with E-state index in [-0.39, 0.29) is 5.97 Å². The van der Waals surface area contributed by atoms with Crippen LogP contribution in [0.2, 0.25) is 0 Å². The summed E-state index contributed by atoms with van der Waals surface area (Å²) in [5.74, 6) is -0.175. The number of carbonyl (C=O) groups is 1. The van der Waals surface area contributed by atoms with Crippen molar-refractivity contribution in [2.75, 3.05) is 7.11 Å². The van der Waals surface area contributed by atoms with Gasteiger partial charge in [-0.2, -0.15) is 0 Å². The van der Waals surface area contributed by atoms with Gasteiger partial charge in [-0.3, -0.25) is 4.79 Å². The van der Waals surface area contributed by atoms with Crippen LogP contribution in [0.15, 0.2) is 23.3 Å². The topological polar surface area (TPSA) is 26.3 Å². The van der Waals surface area contributed by atoms with Crippen molar-refractivity contribution < 1.29 is 9.53 Å². The minimum absolute atomic E-state index is 0.175.